The molecule has 8 nitrogen and oxygen atoms in total. The molecule has 0 aromatic heterocycles. The van der Waals surface area contributed by atoms with E-state index in [0.717, 1.165) is 38.5 Å². The van der Waals surface area contributed by atoms with Crippen LogP contribution in [0.2, 0.25) is 0 Å². The summed E-state index contributed by atoms with van der Waals surface area (Å²) in [5, 5.41) is 5.35. The van der Waals surface area contributed by atoms with E-state index in [1.807, 2.05) is 6.92 Å². The molecule has 3 amide bonds. The number of Topliss-reactive ketones (excluding diaryl/α,β-unsaturated/α-hetero) is 1. The molecule has 3 aliphatic rings. The van der Waals surface area contributed by atoms with E-state index in [1.54, 1.807) is 4.90 Å². The second-order valence-electron chi connectivity index (χ2n) is 11.6. The molecule has 2 aliphatic carbocycles. The highest BCUT2D eigenvalue weighted by atomic mass is 16.2. The van der Waals surface area contributed by atoms with Gasteiger partial charge in [0.1, 0.15) is 6.04 Å². The standard InChI is InChI=1S/C27H44N4O4/c1-6-8-12-18(21(32)24(34)29-15-7-2)30-23(33)20-19-17(26(19,3)4)16-31(20)25(35)22(28)27(5)13-10-9-11-14-27/h7,17-20,22H,2,6,8-16,28H2,1,3-5H3,(H,29,34)(H,30,33)/t17-,18?,19?,20-,22+/m0/s1. The van der Waals surface area contributed by atoms with Crippen molar-refractivity contribution >= 4 is 23.5 Å². The maximum absolute atomic E-state index is 13.6. The van der Waals surface area contributed by atoms with Crippen LogP contribution < -0.4 is 16.4 Å². The van der Waals surface area contributed by atoms with Crippen LogP contribution in [0, 0.1) is 22.7 Å². The lowest BCUT2D eigenvalue weighted by Crippen LogP contribution is -2.59. The fourth-order valence-corrected chi connectivity index (χ4v) is 6.30. The molecular formula is C27H44N4O4. The van der Waals surface area contributed by atoms with Crippen LogP contribution in [0.4, 0.5) is 0 Å². The first-order valence-corrected chi connectivity index (χ1v) is 13.3. The van der Waals surface area contributed by atoms with Gasteiger partial charge in [-0.05, 0) is 41.9 Å². The monoisotopic (exact) mass is 488 g/mol. The Morgan fingerprint density at radius 2 is 1.80 bits per heavy atom. The Morgan fingerprint density at radius 3 is 2.40 bits per heavy atom. The van der Waals surface area contributed by atoms with E-state index in [0.29, 0.717) is 19.4 Å². The molecule has 0 aromatic rings. The fourth-order valence-electron chi connectivity index (χ4n) is 6.30. The van der Waals surface area contributed by atoms with Crippen molar-refractivity contribution in [3.63, 3.8) is 0 Å². The number of carbonyl (C=O) groups is 4. The first kappa shape index (κ1) is 27.4. The lowest BCUT2D eigenvalue weighted by Gasteiger charge is -2.41. The summed E-state index contributed by atoms with van der Waals surface area (Å²) < 4.78 is 0. The second kappa shape index (κ2) is 10.8. The van der Waals surface area contributed by atoms with E-state index >= 15 is 0 Å². The number of hydrogen-bond acceptors (Lipinski definition) is 5. The van der Waals surface area contributed by atoms with Crippen LogP contribution in [0.1, 0.15) is 79.1 Å². The molecular weight excluding hydrogens is 444 g/mol. The molecule has 5 atom stereocenters. The highest BCUT2D eigenvalue weighted by Crippen LogP contribution is 2.65. The molecule has 2 unspecified atom stereocenters. The van der Waals surface area contributed by atoms with E-state index in [4.69, 9.17) is 5.73 Å². The molecule has 0 aromatic carbocycles. The number of nitrogens with zero attached hydrogens (tertiary/aromatic N) is 1. The molecule has 196 valence electrons. The summed E-state index contributed by atoms with van der Waals surface area (Å²) in [5.41, 5.74) is 6.24. The van der Waals surface area contributed by atoms with Crippen LogP contribution in [0.5, 0.6) is 0 Å². The molecule has 0 bridgehead atoms. The van der Waals surface area contributed by atoms with Crippen molar-refractivity contribution in [1.29, 1.82) is 0 Å². The first-order chi connectivity index (χ1) is 16.5. The van der Waals surface area contributed by atoms with Crippen molar-refractivity contribution in [2.45, 2.75) is 97.2 Å². The molecule has 3 rings (SSSR count). The number of nitrogens with two attached hydrogens (primary N) is 1. The van der Waals surface area contributed by atoms with Crippen LogP contribution >= 0.6 is 0 Å². The Hall–Kier alpha value is -2.22. The van der Waals surface area contributed by atoms with E-state index in [1.165, 1.54) is 6.08 Å². The predicted octanol–water partition coefficient (Wildman–Crippen LogP) is 2.31. The Bertz CT molecular complexity index is 848. The van der Waals surface area contributed by atoms with Crippen molar-refractivity contribution < 1.29 is 19.2 Å². The number of hydrogen-bond donors (Lipinski definition) is 3. The van der Waals surface area contributed by atoms with Crippen molar-refractivity contribution in [2.75, 3.05) is 13.1 Å². The van der Waals surface area contributed by atoms with Crippen LogP contribution in [-0.4, -0.2) is 59.6 Å². The van der Waals surface area contributed by atoms with Crippen molar-refractivity contribution in [1.82, 2.24) is 15.5 Å². The molecule has 0 spiro atoms. The molecule has 8 heteroatoms. The number of likely N-dealkylation sites (tertiary alicyclic amines) is 1. The number of nitrogens with one attached hydrogen (secondary N) is 2. The van der Waals surface area contributed by atoms with Crippen LogP contribution in [0.25, 0.3) is 0 Å². The fraction of sp³-hybridized carbons (Fsp3) is 0.778. The molecule has 4 N–H and O–H groups in total. The minimum absolute atomic E-state index is 0.0225. The predicted molar refractivity (Wildman–Crippen MR) is 135 cm³/mol. The second-order valence-corrected chi connectivity index (χ2v) is 11.6. The van der Waals surface area contributed by atoms with Gasteiger partial charge in [-0.1, -0.05) is 65.9 Å². The Labute approximate surface area is 209 Å². The average Bonchev–Trinajstić information content (AvgIpc) is 3.17. The first-order valence-electron chi connectivity index (χ1n) is 13.3. The topological polar surface area (TPSA) is 122 Å². The third-order valence-corrected chi connectivity index (χ3v) is 8.88. The van der Waals surface area contributed by atoms with Gasteiger partial charge in [0, 0.05) is 13.1 Å². The van der Waals surface area contributed by atoms with Crippen molar-refractivity contribution in [3.8, 4) is 0 Å². The van der Waals surface area contributed by atoms with Gasteiger partial charge in [0.05, 0.1) is 12.1 Å². The molecule has 1 saturated heterocycles. The summed E-state index contributed by atoms with van der Waals surface area (Å²) in [6.45, 7) is 12.6. The van der Waals surface area contributed by atoms with E-state index < -0.39 is 29.8 Å². The Morgan fingerprint density at radius 1 is 1.14 bits per heavy atom. The van der Waals surface area contributed by atoms with Gasteiger partial charge in [0.25, 0.3) is 5.91 Å². The minimum atomic E-state index is -0.922. The maximum atomic E-state index is 13.6. The van der Waals surface area contributed by atoms with Crippen LogP contribution in [0.3, 0.4) is 0 Å². The smallest absolute Gasteiger partial charge is 0.289 e. The molecule has 35 heavy (non-hydrogen) atoms. The van der Waals surface area contributed by atoms with Gasteiger partial charge in [0.15, 0.2) is 0 Å². The highest BCUT2D eigenvalue weighted by molar-refractivity contribution is 6.38. The third kappa shape index (κ3) is 5.47. The quantitative estimate of drug-likeness (QED) is 0.304. The largest absolute Gasteiger partial charge is 0.346 e. The number of unbranched alkanes of at least 4 members (excludes halogenated alkanes) is 1. The van der Waals surface area contributed by atoms with Crippen molar-refractivity contribution in [3.05, 3.63) is 12.7 Å². The zero-order valence-corrected chi connectivity index (χ0v) is 21.9. The summed E-state index contributed by atoms with van der Waals surface area (Å²) in [4.78, 5) is 54.1. The Kier molecular flexibility index (Phi) is 8.45. The number of carbonyl (C=O) groups excluding carboxylic acids is 4. The molecule has 0 radical (unpaired) electrons. The number of amides is 3. The lowest BCUT2D eigenvalue weighted by atomic mass is 9.70. The Balaban J connectivity index is 1.78. The summed E-state index contributed by atoms with van der Waals surface area (Å²) in [6.07, 6.45) is 8.51. The number of fused-ring (bicyclic) bond motifs is 1. The van der Waals surface area contributed by atoms with Crippen molar-refractivity contribution in [2.24, 2.45) is 28.4 Å². The van der Waals surface area contributed by atoms with Crippen LogP contribution in [0.15, 0.2) is 12.7 Å². The maximum Gasteiger partial charge on any atom is 0.289 e. The third-order valence-electron chi connectivity index (χ3n) is 8.88. The van der Waals surface area contributed by atoms with Gasteiger partial charge in [-0.25, -0.2) is 0 Å². The lowest BCUT2D eigenvalue weighted by molar-refractivity contribution is -0.145. The molecule has 2 saturated carbocycles. The molecule has 3 fully saturated rings. The van der Waals surface area contributed by atoms with Gasteiger partial charge in [-0.15, -0.1) is 6.58 Å². The highest BCUT2D eigenvalue weighted by Gasteiger charge is 2.69. The summed E-state index contributed by atoms with van der Waals surface area (Å²) in [7, 11) is 0. The normalized spacial score (nSPS) is 27.8. The summed E-state index contributed by atoms with van der Waals surface area (Å²) in [5.74, 6) is -1.67. The van der Waals surface area contributed by atoms with Gasteiger partial charge in [-0.2, -0.15) is 0 Å². The van der Waals surface area contributed by atoms with Gasteiger partial charge >= 0.3 is 0 Å². The molecule has 1 heterocycles. The molecule has 1 aliphatic heterocycles. The van der Waals surface area contributed by atoms with Gasteiger partial charge in [0.2, 0.25) is 17.6 Å². The SMILES string of the molecule is C=CCNC(=O)C(=O)C(CCCC)NC(=O)[C@@H]1C2[C@H](CN1C(=O)[C@@H](N)C1(C)CCCCC1)C2(C)C. The van der Waals surface area contributed by atoms with Gasteiger partial charge in [-0.3, -0.25) is 19.2 Å². The summed E-state index contributed by atoms with van der Waals surface area (Å²) >= 11 is 0. The zero-order valence-electron chi connectivity index (χ0n) is 21.9. The minimum Gasteiger partial charge on any atom is -0.346 e. The average molecular weight is 489 g/mol. The number of ketones is 1. The number of rotatable bonds is 11. The number of piperidine rings is 1. The zero-order chi connectivity index (χ0) is 26.0. The van der Waals surface area contributed by atoms with E-state index in [2.05, 4.69) is 38.0 Å². The van der Waals surface area contributed by atoms with Gasteiger partial charge < -0.3 is 21.3 Å². The van der Waals surface area contributed by atoms with Crippen LogP contribution in [-0.2, 0) is 19.2 Å². The van der Waals surface area contributed by atoms with E-state index in [9.17, 15) is 19.2 Å². The summed E-state index contributed by atoms with van der Waals surface area (Å²) in [6, 6.07) is -2.25. The van der Waals surface area contributed by atoms with E-state index in [-0.39, 0.29) is 41.0 Å².